The van der Waals surface area contributed by atoms with E-state index in [-0.39, 0.29) is 30.1 Å². The summed E-state index contributed by atoms with van der Waals surface area (Å²) in [5.41, 5.74) is 0. The van der Waals surface area contributed by atoms with E-state index >= 15 is 0 Å². The van der Waals surface area contributed by atoms with Crippen LogP contribution in [0, 0.1) is 0 Å². The van der Waals surface area contributed by atoms with E-state index in [1.54, 1.807) is 23.1 Å². The lowest BCUT2D eigenvalue weighted by Gasteiger charge is -2.33. The van der Waals surface area contributed by atoms with Crippen molar-refractivity contribution in [2.45, 2.75) is 43.2 Å². The Bertz CT molecular complexity index is 798. The SMILES string of the molecule is CC1CN(C(=O)COC(=O)C2CCCCN2S(=O)(=O)c2ccccc2)CCO1. The Morgan fingerprint density at radius 2 is 1.93 bits per heavy atom. The summed E-state index contributed by atoms with van der Waals surface area (Å²) < 4.78 is 37.7. The van der Waals surface area contributed by atoms with Crippen molar-refractivity contribution in [2.24, 2.45) is 0 Å². The fourth-order valence-electron chi connectivity index (χ4n) is 3.52. The molecule has 2 aliphatic rings. The van der Waals surface area contributed by atoms with Gasteiger partial charge in [0.25, 0.3) is 5.91 Å². The molecule has 0 aliphatic carbocycles. The summed E-state index contributed by atoms with van der Waals surface area (Å²) in [6.45, 7) is 3.10. The normalized spacial score (nSPS) is 24.0. The Kier molecular flexibility index (Phi) is 6.69. The number of nitrogens with zero attached hydrogens (tertiary/aromatic N) is 2. The number of benzene rings is 1. The van der Waals surface area contributed by atoms with E-state index in [0.717, 1.165) is 6.42 Å². The highest BCUT2D eigenvalue weighted by molar-refractivity contribution is 7.89. The van der Waals surface area contributed by atoms with Crippen LogP contribution in [0.5, 0.6) is 0 Å². The van der Waals surface area contributed by atoms with E-state index in [0.29, 0.717) is 32.5 Å². The number of carbonyl (C=O) groups excluding carboxylic acids is 2. The summed E-state index contributed by atoms with van der Waals surface area (Å²) in [6, 6.07) is 7.14. The molecule has 8 nitrogen and oxygen atoms in total. The van der Waals surface area contributed by atoms with Gasteiger partial charge in [0.05, 0.1) is 17.6 Å². The Labute approximate surface area is 165 Å². The quantitative estimate of drug-likeness (QED) is 0.673. The first kappa shape index (κ1) is 20.8. The van der Waals surface area contributed by atoms with E-state index in [1.165, 1.54) is 16.4 Å². The highest BCUT2D eigenvalue weighted by Gasteiger charge is 2.38. The maximum Gasteiger partial charge on any atom is 0.324 e. The molecule has 0 saturated carbocycles. The van der Waals surface area contributed by atoms with Crippen LogP contribution in [0.1, 0.15) is 26.2 Å². The van der Waals surface area contributed by atoms with Gasteiger partial charge < -0.3 is 14.4 Å². The first-order chi connectivity index (χ1) is 13.4. The van der Waals surface area contributed by atoms with Crippen LogP contribution in [0.15, 0.2) is 35.2 Å². The van der Waals surface area contributed by atoms with Crippen molar-refractivity contribution in [3.8, 4) is 0 Å². The molecular weight excluding hydrogens is 384 g/mol. The second kappa shape index (κ2) is 9.02. The average molecular weight is 410 g/mol. The van der Waals surface area contributed by atoms with Gasteiger partial charge in [-0.1, -0.05) is 18.2 Å². The molecule has 2 aliphatic heterocycles. The monoisotopic (exact) mass is 410 g/mol. The number of ether oxygens (including phenoxy) is 2. The number of amides is 1. The lowest BCUT2D eigenvalue weighted by molar-refractivity contribution is -0.158. The molecule has 154 valence electrons. The number of hydrogen-bond donors (Lipinski definition) is 0. The molecule has 0 aromatic heterocycles. The fraction of sp³-hybridized carbons (Fsp3) is 0.579. The number of piperidine rings is 1. The second-order valence-electron chi connectivity index (χ2n) is 7.07. The molecule has 0 spiro atoms. The van der Waals surface area contributed by atoms with E-state index in [1.807, 2.05) is 6.92 Å². The number of sulfonamides is 1. The lowest BCUT2D eigenvalue weighted by Crippen LogP contribution is -2.50. The predicted octanol–water partition coefficient (Wildman–Crippen LogP) is 1.02. The summed E-state index contributed by atoms with van der Waals surface area (Å²) in [4.78, 5) is 26.7. The Hall–Kier alpha value is -1.97. The van der Waals surface area contributed by atoms with E-state index < -0.39 is 22.0 Å². The zero-order chi connectivity index (χ0) is 20.1. The summed E-state index contributed by atoms with van der Waals surface area (Å²) >= 11 is 0. The van der Waals surface area contributed by atoms with Crippen LogP contribution in [0.2, 0.25) is 0 Å². The second-order valence-corrected chi connectivity index (χ2v) is 8.96. The minimum Gasteiger partial charge on any atom is -0.454 e. The molecule has 3 rings (SSSR count). The van der Waals surface area contributed by atoms with Crippen LogP contribution >= 0.6 is 0 Å². The molecule has 1 aromatic rings. The summed E-state index contributed by atoms with van der Waals surface area (Å²) in [6.07, 6.45) is 1.74. The molecule has 2 unspecified atom stereocenters. The third-order valence-corrected chi connectivity index (χ3v) is 6.93. The molecule has 1 aromatic carbocycles. The van der Waals surface area contributed by atoms with Gasteiger partial charge in [0.15, 0.2) is 6.61 Å². The molecule has 1 amide bonds. The van der Waals surface area contributed by atoms with Gasteiger partial charge in [-0.05, 0) is 38.3 Å². The van der Waals surface area contributed by atoms with Crippen LogP contribution in [-0.2, 0) is 29.1 Å². The Morgan fingerprint density at radius 1 is 1.18 bits per heavy atom. The predicted molar refractivity (Wildman–Crippen MR) is 101 cm³/mol. The third-order valence-electron chi connectivity index (χ3n) is 5.01. The van der Waals surface area contributed by atoms with E-state index in [4.69, 9.17) is 9.47 Å². The van der Waals surface area contributed by atoms with Crippen molar-refractivity contribution in [1.29, 1.82) is 0 Å². The summed E-state index contributed by atoms with van der Waals surface area (Å²) in [5, 5.41) is 0. The molecule has 28 heavy (non-hydrogen) atoms. The maximum absolute atomic E-state index is 13.0. The Balaban J connectivity index is 1.65. The molecule has 0 bridgehead atoms. The standard InChI is InChI=1S/C19H26N2O6S/c1-15-13-20(11-12-26-15)18(22)14-27-19(23)17-9-5-6-10-21(17)28(24,25)16-7-3-2-4-8-16/h2-4,7-8,15,17H,5-6,9-14H2,1H3. The summed E-state index contributed by atoms with van der Waals surface area (Å²) in [7, 11) is -3.80. The van der Waals surface area contributed by atoms with Crippen molar-refractivity contribution < 1.29 is 27.5 Å². The van der Waals surface area contributed by atoms with Crippen LogP contribution < -0.4 is 0 Å². The molecule has 2 heterocycles. The fourth-order valence-corrected chi connectivity index (χ4v) is 5.19. The topological polar surface area (TPSA) is 93.2 Å². The van der Waals surface area contributed by atoms with Gasteiger partial charge in [-0.2, -0.15) is 4.31 Å². The van der Waals surface area contributed by atoms with E-state index in [9.17, 15) is 18.0 Å². The van der Waals surface area contributed by atoms with Crippen molar-refractivity contribution >= 4 is 21.9 Å². The third kappa shape index (κ3) is 4.71. The number of carbonyl (C=O) groups is 2. The number of morpholine rings is 1. The van der Waals surface area contributed by atoms with Crippen LogP contribution in [0.4, 0.5) is 0 Å². The molecule has 2 fully saturated rings. The Morgan fingerprint density at radius 3 is 2.64 bits per heavy atom. The van der Waals surface area contributed by atoms with Crippen molar-refractivity contribution in [2.75, 3.05) is 32.8 Å². The lowest BCUT2D eigenvalue weighted by atomic mass is 10.1. The van der Waals surface area contributed by atoms with Gasteiger partial charge in [0.2, 0.25) is 10.0 Å². The van der Waals surface area contributed by atoms with Gasteiger partial charge in [-0.25, -0.2) is 8.42 Å². The van der Waals surface area contributed by atoms with Gasteiger partial charge >= 0.3 is 5.97 Å². The van der Waals surface area contributed by atoms with Crippen LogP contribution in [0.3, 0.4) is 0 Å². The average Bonchev–Trinajstić information content (AvgIpc) is 2.72. The van der Waals surface area contributed by atoms with Crippen LogP contribution in [-0.4, -0.2) is 74.5 Å². The van der Waals surface area contributed by atoms with Gasteiger partial charge in [0.1, 0.15) is 6.04 Å². The zero-order valence-electron chi connectivity index (χ0n) is 16.0. The number of rotatable bonds is 5. The number of hydrogen-bond acceptors (Lipinski definition) is 6. The van der Waals surface area contributed by atoms with Gasteiger partial charge in [-0.15, -0.1) is 0 Å². The molecule has 9 heteroatoms. The first-order valence-electron chi connectivity index (χ1n) is 9.52. The smallest absolute Gasteiger partial charge is 0.324 e. The van der Waals surface area contributed by atoms with Crippen LogP contribution in [0.25, 0.3) is 0 Å². The minimum absolute atomic E-state index is 0.0572. The van der Waals surface area contributed by atoms with Gasteiger partial charge in [0, 0.05) is 19.6 Å². The minimum atomic E-state index is -3.80. The highest BCUT2D eigenvalue weighted by Crippen LogP contribution is 2.26. The number of esters is 1. The van der Waals surface area contributed by atoms with Crippen molar-refractivity contribution in [1.82, 2.24) is 9.21 Å². The molecule has 2 saturated heterocycles. The molecule has 0 N–H and O–H groups in total. The molecule has 2 atom stereocenters. The maximum atomic E-state index is 13.0. The highest BCUT2D eigenvalue weighted by atomic mass is 32.2. The largest absolute Gasteiger partial charge is 0.454 e. The van der Waals surface area contributed by atoms with E-state index in [2.05, 4.69) is 0 Å². The summed E-state index contributed by atoms with van der Waals surface area (Å²) in [5.74, 6) is -0.967. The zero-order valence-corrected chi connectivity index (χ0v) is 16.8. The molecular formula is C19H26N2O6S. The molecule has 0 radical (unpaired) electrons. The van der Waals surface area contributed by atoms with Gasteiger partial charge in [-0.3, -0.25) is 9.59 Å². The van der Waals surface area contributed by atoms with Crippen molar-refractivity contribution in [3.05, 3.63) is 30.3 Å². The van der Waals surface area contributed by atoms with Crippen molar-refractivity contribution in [3.63, 3.8) is 0 Å². The first-order valence-corrected chi connectivity index (χ1v) is 11.0.